The summed E-state index contributed by atoms with van der Waals surface area (Å²) in [5, 5.41) is 2.61. The van der Waals surface area contributed by atoms with Crippen LogP contribution in [0.4, 0.5) is 0 Å². The van der Waals surface area contributed by atoms with E-state index in [1.54, 1.807) is 0 Å². The van der Waals surface area contributed by atoms with Crippen LogP contribution in [-0.2, 0) is 6.54 Å². The van der Waals surface area contributed by atoms with Gasteiger partial charge in [0, 0.05) is 35.2 Å². The first-order chi connectivity index (χ1) is 13.7. The maximum atomic E-state index is 4.42. The van der Waals surface area contributed by atoms with Crippen LogP contribution in [-0.4, -0.2) is 9.55 Å². The maximum absolute atomic E-state index is 4.42. The van der Waals surface area contributed by atoms with Crippen LogP contribution in [0.15, 0.2) is 49.3 Å². The third-order valence-electron chi connectivity index (χ3n) is 7.05. The first-order valence-corrected chi connectivity index (χ1v) is 11.2. The van der Waals surface area contributed by atoms with E-state index < -0.39 is 0 Å². The SMILES string of the molecule is C=CCCC(C)(C)CC(c1ccc2c(c1)c1cnccc1n2CC)C(C)(C)CC. The Hall–Kier alpha value is -2.09. The minimum Gasteiger partial charge on any atom is -0.341 e. The second-order valence-corrected chi connectivity index (χ2v) is 10.0. The number of fused-ring (bicyclic) bond motifs is 3. The van der Waals surface area contributed by atoms with Gasteiger partial charge in [0.1, 0.15) is 0 Å². The summed E-state index contributed by atoms with van der Waals surface area (Å²) in [5.74, 6) is 0.522. The molecule has 2 heteroatoms. The summed E-state index contributed by atoms with van der Waals surface area (Å²) >= 11 is 0. The Morgan fingerprint density at radius 1 is 1.07 bits per heavy atom. The second-order valence-electron chi connectivity index (χ2n) is 10.0. The number of rotatable bonds is 9. The lowest BCUT2D eigenvalue weighted by atomic mass is 9.65. The Labute approximate surface area is 177 Å². The van der Waals surface area contributed by atoms with E-state index in [2.05, 4.69) is 88.0 Å². The van der Waals surface area contributed by atoms with Crippen molar-refractivity contribution in [1.29, 1.82) is 0 Å². The fourth-order valence-corrected chi connectivity index (χ4v) is 4.76. The number of hydrogen-bond acceptors (Lipinski definition) is 1. The summed E-state index contributed by atoms with van der Waals surface area (Å²) in [4.78, 5) is 4.42. The van der Waals surface area contributed by atoms with Crippen molar-refractivity contribution >= 4 is 21.8 Å². The summed E-state index contributed by atoms with van der Waals surface area (Å²) in [6, 6.07) is 9.32. The molecule has 0 spiro atoms. The predicted molar refractivity (Wildman–Crippen MR) is 128 cm³/mol. The average Bonchev–Trinajstić information content (AvgIpc) is 3.03. The van der Waals surface area contributed by atoms with E-state index >= 15 is 0 Å². The minimum atomic E-state index is 0.250. The second kappa shape index (κ2) is 8.34. The van der Waals surface area contributed by atoms with Crippen molar-refractivity contribution in [2.24, 2.45) is 10.8 Å². The lowest BCUT2D eigenvalue weighted by Gasteiger charge is -2.39. The van der Waals surface area contributed by atoms with E-state index in [0.717, 1.165) is 13.0 Å². The molecule has 0 aliphatic carbocycles. The van der Waals surface area contributed by atoms with Crippen LogP contribution in [0.2, 0.25) is 0 Å². The molecule has 2 aromatic heterocycles. The van der Waals surface area contributed by atoms with Gasteiger partial charge >= 0.3 is 0 Å². The molecule has 1 unspecified atom stereocenters. The largest absolute Gasteiger partial charge is 0.341 e. The molecular formula is C27H38N2. The fourth-order valence-electron chi connectivity index (χ4n) is 4.76. The average molecular weight is 391 g/mol. The van der Waals surface area contributed by atoms with Gasteiger partial charge < -0.3 is 4.57 Å². The number of aryl methyl sites for hydroxylation is 1. The standard InChI is InChI=1S/C27H38N2/c1-8-11-15-26(4,5)18-23(27(6,7)9-2)20-12-13-24-21(17-20)22-19-28-16-14-25(22)29(24)10-3/h8,12-14,16-17,19,23H,1,9-11,15,18H2,2-7H3. The third-order valence-corrected chi connectivity index (χ3v) is 7.05. The molecule has 0 fully saturated rings. The van der Waals surface area contributed by atoms with Gasteiger partial charge in [-0.3, -0.25) is 4.98 Å². The molecular weight excluding hydrogens is 352 g/mol. The molecule has 1 aromatic carbocycles. The molecule has 0 saturated carbocycles. The molecule has 3 rings (SSSR count). The van der Waals surface area contributed by atoms with Gasteiger partial charge in [0.05, 0.1) is 5.52 Å². The molecule has 3 aromatic rings. The normalized spacial score (nSPS) is 13.9. The molecule has 0 bridgehead atoms. The van der Waals surface area contributed by atoms with Crippen molar-refractivity contribution in [3.63, 3.8) is 0 Å². The number of allylic oxidation sites excluding steroid dienone is 1. The van der Waals surface area contributed by atoms with Crippen LogP contribution in [0.5, 0.6) is 0 Å². The highest BCUT2D eigenvalue weighted by molar-refractivity contribution is 6.07. The number of nitrogens with zero attached hydrogens (tertiary/aromatic N) is 2. The smallest absolute Gasteiger partial charge is 0.0522 e. The molecule has 29 heavy (non-hydrogen) atoms. The quantitative estimate of drug-likeness (QED) is 0.337. The molecule has 0 radical (unpaired) electrons. The number of benzene rings is 1. The number of hydrogen-bond donors (Lipinski definition) is 0. The summed E-state index contributed by atoms with van der Waals surface area (Å²) in [5.41, 5.74) is 4.61. The molecule has 2 nitrogen and oxygen atoms in total. The summed E-state index contributed by atoms with van der Waals surface area (Å²) in [7, 11) is 0. The molecule has 2 heterocycles. The van der Waals surface area contributed by atoms with Crippen LogP contribution >= 0.6 is 0 Å². The van der Waals surface area contributed by atoms with Crippen molar-refractivity contribution in [3.8, 4) is 0 Å². The van der Waals surface area contributed by atoms with Crippen molar-refractivity contribution < 1.29 is 0 Å². The fraction of sp³-hybridized carbons (Fsp3) is 0.519. The Morgan fingerprint density at radius 2 is 1.79 bits per heavy atom. The van der Waals surface area contributed by atoms with E-state index in [1.807, 2.05) is 12.4 Å². The van der Waals surface area contributed by atoms with Gasteiger partial charge in [-0.15, -0.1) is 6.58 Å². The molecule has 1 atom stereocenters. The monoisotopic (exact) mass is 390 g/mol. The maximum Gasteiger partial charge on any atom is 0.0522 e. The van der Waals surface area contributed by atoms with E-state index in [-0.39, 0.29) is 5.41 Å². The first-order valence-electron chi connectivity index (χ1n) is 11.2. The molecule has 0 N–H and O–H groups in total. The third kappa shape index (κ3) is 4.27. The molecule has 0 amide bonds. The Balaban J connectivity index is 2.13. The highest BCUT2D eigenvalue weighted by Crippen LogP contribution is 2.47. The lowest BCUT2D eigenvalue weighted by Crippen LogP contribution is -2.27. The van der Waals surface area contributed by atoms with Gasteiger partial charge in [-0.2, -0.15) is 0 Å². The topological polar surface area (TPSA) is 17.8 Å². The van der Waals surface area contributed by atoms with Crippen LogP contribution in [0.25, 0.3) is 21.8 Å². The van der Waals surface area contributed by atoms with Crippen molar-refractivity contribution in [2.75, 3.05) is 0 Å². The summed E-state index contributed by atoms with van der Waals surface area (Å²) in [6.07, 6.45) is 10.6. The Bertz CT molecular complexity index is 990. The zero-order valence-corrected chi connectivity index (χ0v) is 19.3. The van der Waals surface area contributed by atoms with Crippen molar-refractivity contribution in [2.45, 2.75) is 79.7 Å². The summed E-state index contributed by atoms with van der Waals surface area (Å²) < 4.78 is 2.41. The zero-order valence-electron chi connectivity index (χ0n) is 19.3. The minimum absolute atomic E-state index is 0.250. The molecule has 0 saturated heterocycles. The zero-order chi connectivity index (χ0) is 21.2. The van der Waals surface area contributed by atoms with Gasteiger partial charge in [-0.05, 0) is 66.7 Å². The van der Waals surface area contributed by atoms with Gasteiger partial charge in [-0.1, -0.05) is 53.2 Å². The van der Waals surface area contributed by atoms with Crippen LogP contribution < -0.4 is 0 Å². The Kier molecular flexibility index (Phi) is 6.22. The van der Waals surface area contributed by atoms with E-state index in [9.17, 15) is 0 Å². The first kappa shape index (κ1) is 21.6. The Morgan fingerprint density at radius 3 is 2.45 bits per heavy atom. The number of pyridine rings is 1. The van der Waals surface area contributed by atoms with Crippen LogP contribution in [0.3, 0.4) is 0 Å². The highest BCUT2D eigenvalue weighted by atomic mass is 15.0. The summed E-state index contributed by atoms with van der Waals surface area (Å²) in [6.45, 7) is 19.2. The highest BCUT2D eigenvalue weighted by Gasteiger charge is 2.34. The van der Waals surface area contributed by atoms with Gasteiger partial charge in [0.25, 0.3) is 0 Å². The lowest BCUT2D eigenvalue weighted by molar-refractivity contribution is 0.184. The molecule has 0 aliphatic heterocycles. The van der Waals surface area contributed by atoms with Gasteiger partial charge in [0.2, 0.25) is 0 Å². The van der Waals surface area contributed by atoms with E-state index in [4.69, 9.17) is 0 Å². The predicted octanol–water partition coefficient (Wildman–Crippen LogP) is 8.11. The van der Waals surface area contributed by atoms with Crippen LogP contribution in [0, 0.1) is 10.8 Å². The molecule has 0 aliphatic rings. The van der Waals surface area contributed by atoms with Gasteiger partial charge in [0.15, 0.2) is 0 Å². The molecule has 156 valence electrons. The van der Waals surface area contributed by atoms with Crippen molar-refractivity contribution in [3.05, 3.63) is 54.9 Å². The van der Waals surface area contributed by atoms with E-state index in [0.29, 0.717) is 11.3 Å². The van der Waals surface area contributed by atoms with Gasteiger partial charge in [-0.25, -0.2) is 0 Å². The number of aromatic nitrogens is 2. The van der Waals surface area contributed by atoms with Crippen molar-refractivity contribution in [1.82, 2.24) is 9.55 Å². The van der Waals surface area contributed by atoms with E-state index in [1.165, 1.54) is 46.6 Å². The van der Waals surface area contributed by atoms with Crippen LogP contribution in [0.1, 0.15) is 78.7 Å².